The number of hydrogen-bond acceptors (Lipinski definition) is 2. The highest BCUT2D eigenvalue weighted by atomic mass is 16.3. The zero-order valence-corrected chi connectivity index (χ0v) is 12.1. The maximum absolute atomic E-state index is 11.8. The molecule has 0 aromatic heterocycles. The first-order valence-electron chi connectivity index (χ1n) is 6.65. The van der Waals surface area contributed by atoms with Crippen molar-refractivity contribution < 1.29 is 9.90 Å². The molecular weight excluding hydrogens is 264 g/mol. The van der Waals surface area contributed by atoms with Gasteiger partial charge in [0.25, 0.3) is 0 Å². The number of aryl methyl sites for hydroxylation is 2. The van der Waals surface area contributed by atoms with Gasteiger partial charge in [0.2, 0.25) is 0 Å². The molecule has 0 aliphatic heterocycles. The molecule has 0 saturated heterocycles. The molecule has 2 aromatic carbocycles. The number of urea groups is 1. The lowest BCUT2D eigenvalue weighted by Gasteiger charge is -2.08. The van der Waals surface area contributed by atoms with E-state index in [9.17, 15) is 9.90 Å². The molecule has 0 aliphatic carbocycles. The molecule has 21 heavy (non-hydrogen) atoms. The smallest absolute Gasteiger partial charge is 0.323 e. The average molecular weight is 282 g/mol. The molecular formula is C17H18N2O2. The Hall–Kier alpha value is -2.75. The van der Waals surface area contributed by atoms with Gasteiger partial charge in [-0.2, -0.15) is 0 Å². The molecule has 4 heteroatoms. The van der Waals surface area contributed by atoms with Gasteiger partial charge in [-0.15, -0.1) is 0 Å². The van der Waals surface area contributed by atoms with Crippen molar-refractivity contribution in [1.82, 2.24) is 5.32 Å². The second kappa shape index (κ2) is 6.61. The SMILES string of the molecule is Cc1cccc(/C=C/NC(=O)Nc2ccc(O)cc2C)c1. The van der Waals surface area contributed by atoms with Crippen molar-refractivity contribution in [3.8, 4) is 5.75 Å². The number of carbonyl (C=O) groups is 1. The largest absolute Gasteiger partial charge is 0.508 e. The van der Waals surface area contributed by atoms with Crippen LogP contribution in [0.3, 0.4) is 0 Å². The minimum atomic E-state index is -0.326. The minimum Gasteiger partial charge on any atom is -0.508 e. The molecule has 0 spiro atoms. The van der Waals surface area contributed by atoms with Crippen LogP contribution in [0.1, 0.15) is 16.7 Å². The Labute approximate surface area is 124 Å². The van der Waals surface area contributed by atoms with Crippen LogP contribution in [0.25, 0.3) is 6.08 Å². The predicted octanol–water partition coefficient (Wildman–Crippen LogP) is 3.80. The Bertz CT molecular complexity index is 678. The van der Waals surface area contributed by atoms with Crippen molar-refractivity contribution >= 4 is 17.8 Å². The van der Waals surface area contributed by atoms with Gasteiger partial charge in [0.05, 0.1) is 0 Å². The Kier molecular flexibility index (Phi) is 4.61. The van der Waals surface area contributed by atoms with Crippen LogP contribution in [0, 0.1) is 13.8 Å². The second-order valence-electron chi connectivity index (χ2n) is 4.85. The molecule has 0 bridgehead atoms. The third-order valence-electron chi connectivity index (χ3n) is 2.99. The second-order valence-corrected chi connectivity index (χ2v) is 4.85. The molecule has 0 fully saturated rings. The molecule has 0 saturated carbocycles. The third-order valence-corrected chi connectivity index (χ3v) is 2.99. The van der Waals surface area contributed by atoms with Crippen LogP contribution in [-0.2, 0) is 0 Å². The molecule has 3 N–H and O–H groups in total. The standard InChI is InChI=1S/C17H18N2O2/c1-12-4-3-5-14(10-12)8-9-18-17(21)19-16-7-6-15(20)11-13(16)2/h3-11,20H,1-2H3,(H2,18,19,21)/b9-8+. The van der Waals surface area contributed by atoms with E-state index in [4.69, 9.17) is 0 Å². The highest BCUT2D eigenvalue weighted by Crippen LogP contribution is 2.19. The number of rotatable bonds is 3. The summed E-state index contributed by atoms with van der Waals surface area (Å²) in [6, 6.07) is 12.4. The van der Waals surface area contributed by atoms with Crippen molar-refractivity contribution in [2.24, 2.45) is 0 Å². The monoisotopic (exact) mass is 282 g/mol. The van der Waals surface area contributed by atoms with E-state index in [1.165, 1.54) is 11.6 Å². The number of amides is 2. The normalized spacial score (nSPS) is 10.6. The van der Waals surface area contributed by atoms with E-state index < -0.39 is 0 Å². The number of aromatic hydroxyl groups is 1. The fourth-order valence-corrected chi connectivity index (χ4v) is 1.93. The lowest BCUT2D eigenvalue weighted by Crippen LogP contribution is -2.24. The zero-order chi connectivity index (χ0) is 15.2. The van der Waals surface area contributed by atoms with Gasteiger partial charge in [-0.05, 0) is 49.2 Å². The zero-order valence-electron chi connectivity index (χ0n) is 12.1. The molecule has 2 aromatic rings. The molecule has 0 heterocycles. The first-order chi connectivity index (χ1) is 10.0. The summed E-state index contributed by atoms with van der Waals surface area (Å²) in [4.78, 5) is 11.8. The maximum atomic E-state index is 11.8. The Morgan fingerprint density at radius 3 is 2.67 bits per heavy atom. The highest BCUT2D eigenvalue weighted by molar-refractivity contribution is 5.91. The summed E-state index contributed by atoms with van der Waals surface area (Å²) in [6.45, 7) is 3.84. The number of phenolic OH excluding ortho intramolecular Hbond substituents is 1. The summed E-state index contributed by atoms with van der Waals surface area (Å²) in [5, 5.41) is 14.7. The van der Waals surface area contributed by atoms with E-state index in [2.05, 4.69) is 10.6 Å². The van der Waals surface area contributed by atoms with Gasteiger partial charge < -0.3 is 15.7 Å². The Morgan fingerprint density at radius 1 is 1.14 bits per heavy atom. The van der Waals surface area contributed by atoms with Gasteiger partial charge in [-0.3, -0.25) is 0 Å². The number of anilines is 1. The molecule has 2 rings (SSSR count). The summed E-state index contributed by atoms with van der Waals surface area (Å²) < 4.78 is 0. The third kappa shape index (κ3) is 4.38. The minimum absolute atomic E-state index is 0.179. The van der Waals surface area contributed by atoms with E-state index >= 15 is 0 Å². The Morgan fingerprint density at radius 2 is 1.95 bits per heavy atom. The summed E-state index contributed by atoms with van der Waals surface area (Å²) in [5.41, 5.74) is 3.65. The van der Waals surface area contributed by atoms with Crippen LogP contribution < -0.4 is 10.6 Å². The van der Waals surface area contributed by atoms with Crippen molar-refractivity contribution in [3.05, 3.63) is 65.4 Å². The first kappa shape index (κ1) is 14.7. The fraction of sp³-hybridized carbons (Fsp3) is 0.118. The van der Waals surface area contributed by atoms with E-state index in [-0.39, 0.29) is 11.8 Å². The van der Waals surface area contributed by atoms with Gasteiger partial charge in [-0.25, -0.2) is 4.79 Å². The Balaban J connectivity index is 1.93. The van der Waals surface area contributed by atoms with Crippen molar-refractivity contribution in [2.45, 2.75) is 13.8 Å². The van der Waals surface area contributed by atoms with Gasteiger partial charge in [-0.1, -0.05) is 29.8 Å². The molecule has 0 atom stereocenters. The lowest BCUT2D eigenvalue weighted by atomic mass is 10.1. The van der Waals surface area contributed by atoms with Crippen LogP contribution in [0.15, 0.2) is 48.7 Å². The van der Waals surface area contributed by atoms with E-state index in [1.54, 1.807) is 18.3 Å². The van der Waals surface area contributed by atoms with Crippen LogP contribution >= 0.6 is 0 Å². The van der Waals surface area contributed by atoms with Crippen LogP contribution in [0.2, 0.25) is 0 Å². The van der Waals surface area contributed by atoms with Gasteiger partial charge in [0.15, 0.2) is 0 Å². The van der Waals surface area contributed by atoms with Gasteiger partial charge in [0.1, 0.15) is 5.75 Å². The number of phenols is 1. The van der Waals surface area contributed by atoms with Crippen LogP contribution in [0.5, 0.6) is 5.75 Å². The summed E-state index contributed by atoms with van der Waals surface area (Å²) in [7, 11) is 0. The quantitative estimate of drug-likeness (QED) is 0.750. The summed E-state index contributed by atoms with van der Waals surface area (Å²) >= 11 is 0. The number of hydrogen-bond donors (Lipinski definition) is 3. The predicted molar refractivity (Wildman–Crippen MR) is 85.2 cm³/mol. The van der Waals surface area contributed by atoms with Crippen molar-refractivity contribution in [2.75, 3.05) is 5.32 Å². The number of nitrogens with one attached hydrogen (secondary N) is 2. The van der Waals surface area contributed by atoms with Gasteiger partial charge in [0, 0.05) is 11.9 Å². The van der Waals surface area contributed by atoms with Gasteiger partial charge >= 0.3 is 6.03 Å². The molecule has 108 valence electrons. The summed E-state index contributed by atoms with van der Waals surface area (Å²) in [6.07, 6.45) is 3.43. The fourth-order valence-electron chi connectivity index (χ4n) is 1.93. The summed E-state index contributed by atoms with van der Waals surface area (Å²) in [5.74, 6) is 0.179. The maximum Gasteiger partial charge on any atom is 0.323 e. The van der Waals surface area contributed by atoms with E-state index in [0.717, 1.165) is 11.1 Å². The molecule has 0 aliphatic rings. The number of carbonyl (C=O) groups excluding carboxylic acids is 1. The van der Waals surface area contributed by atoms with Crippen LogP contribution in [-0.4, -0.2) is 11.1 Å². The molecule has 4 nitrogen and oxygen atoms in total. The number of benzene rings is 2. The molecule has 0 radical (unpaired) electrons. The highest BCUT2D eigenvalue weighted by Gasteiger charge is 2.03. The van der Waals surface area contributed by atoms with Crippen LogP contribution in [0.4, 0.5) is 10.5 Å². The van der Waals surface area contributed by atoms with E-state index in [0.29, 0.717) is 5.69 Å². The van der Waals surface area contributed by atoms with Crippen molar-refractivity contribution in [1.29, 1.82) is 0 Å². The lowest BCUT2D eigenvalue weighted by molar-refractivity contribution is 0.255. The van der Waals surface area contributed by atoms with Crippen molar-refractivity contribution in [3.63, 3.8) is 0 Å². The van der Waals surface area contributed by atoms with E-state index in [1.807, 2.05) is 44.2 Å². The molecule has 2 amide bonds. The first-order valence-corrected chi connectivity index (χ1v) is 6.65. The average Bonchev–Trinajstić information content (AvgIpc) is 2.42. The molecule has 0 unspecified atom stereocenters. The topological polar surface area (TPSA) is 61.4 Å².